The molecule has 0 aromatic heterocycles. The van der Waals surface area contributed by atoms with Crippen molar-refractivity contribution in [2.75, 3.05) is 12.3 Å². The van der Waals surface area contributed by atoms with Gasteiger partial charge in [0.25, 0.3) is 5.91 Å². The molecule has 7 nitrogen and oxygen atoms in total. The van der Waals surface area contributed by atoms with E-state index in [4.69, 9.17) is 28.5 Å². The van der Waals surface area contributed by atoms with Crippen molar-refractivity contribution in [3.63, 3.8) is 0 Å². The van der Waals surface area contributed by atoms with Crippen LogP contribution in [0.25, 0.3) is 0 Å². The fourth-order valence-electron chi connectivity index (χ4n) is 2.47. The average Bonchev–Trinajstić information content (AvgIpc) is 2.69. The summed E-state index contributed by atoms with van der Waals surface area (Å²) in [6.45, 7) is -0.326. The van der Waals surface area contributed by atoms with Crippen molar-refractivity contribution in [2.45, 2.75) is 11.8 Å². The first-order valence-corrected chi connectivity index (χ1v) is 10.9. The SMILES string of the molecule is N#CCNC(=O)[C@H](CS(=O)(=O)Cc1c(Cl)cccc1Cl)NC(=O)c1ccccc1. The quantitative estimate of drug-likeness (QED) is 0.594. The minimum absolute atomic E-state index is 0.180. The van der Waals surface area contributed by atoms with Gasteiger partial charge in [0, 0.05) is 21.2 Å². The molecule has 1 atom stereocenters. The van der Waals surface area contributed by atoms with Gasteiger partial charge in [0.1, 0.15) is 12.6 Å². The Hall–Kier alpha value is -2.60. The zero-order valence-corrected chi connectivity index (χ0v) is 17.4. The number of nitrogens with zero attached hydrogens (tertiary/aromatic N) is 1. The summed E-state index contributed by atoms with van der Waals surface area (Å²) in [5.41, 5.74) is 0.471. The monoisotopic (exact) mass is 453 g/mol. The summed E-state index contributed by atoms with van der Waals surface area (Å²) >= 11 is 12.1. The predicted octanol–water partition coefficient (Wildman–Crippen LogP) is 2.35. The van der Waals surface area contributed by atoms with Crippen molar-refractivity contribution in [1.82, 2.24) is 10.6 Å². The molecule has 2 rings (SSSR count). The van der Waals surface area contributed by atoms with E-state index >= 15 is 0 Å². The van der Waals surface area contributed by atoms with E-state index in [1.54, 1.807) is 30.3 Å². The van der Waals surface area contributed by atoms with E-state index in [2.05, 4.69) is 10.6 Å². The summed E-state index contributed by atoms with van der Waals surface area (Å²) in [5, 5.41) is 13.7. The van der Waals surface area contributed by atoms with E-state index in [9.17, 15) is 18.0 Å². The number of carbonyl (C=O) groups excluding carboxylic acids is 2. The maximum absolute atomic E-state index is 12.7. The molecule has 0 unspecified atom stereocenters. The van der Waals surface area contributed by atoms with Crippen LogP contribution < -0.4 is 10.6 Å². The van der Waals surface area contributed by atoms with Crippen LogP contribution in [-0.2, 0) is 20.4 Å². The number of amides is 2. The molecule has 0 saturated heterocycles. The minimum atomic E-state index is -3.90. The molecule has 0 aliphatic rings. The molecule has 29 heavy (non-hydrogen) atoms. The van der Waals surface area contributed by atoms with Gasteiger partial charge in [-0.1, -0.05) is 47.5 Å². The van der Waals surface area contributed by atoms with Crippen molar-refractivity contribution < 1.29 is 18.0 Å². The van der Waals surface area contributed by atoms with Gasteiger partial charge >= 0.3 is 0 Å². The highest BCUT2D eigenvalue weighted by molar-refractivity contribution is 7.90. The molecular formula is C19H17Cl2N3O4S. The fraction of sp³-hybridized carbons (Fsp3) is 0.211. The highest BCUT2D eigenvalue weighted by Crippen LogP contribution is 2.26. The standard InChI is InChI=1S/C19H17Cl2N3O4S/c20-15-7-4-8-16(21)14(15)11-29(27,28)12-17(19(26)23-10-9-22)24-18(25)13-5-2-1-3-6-13/h1-8,17H,10-12H2,(H,23,26)(H,24,25)/t17-/m0/s1. The van der Waals surface area contributed by atoms with Crippen LogP contribution in [0.5, 0.6) is 0 Å². The molecule has 0 aliphatic heterocycles. The van der Waals surface area contributed by atoms with Gasteiger partial charge in [-0.3, -0.25) is 9.59 Å². The summed E-state index contributed by atoms with van der Waals surface area (Å²) < 4.78 is 25.4. The number of nitrogens with one attached hydrogen (secondary N) is 2. The molecule has 2 N–H and O–H groups in total. The Kier molecular flexibility index (Phi) is 8.02. The van der Waals surface area contributed by atoms with Crippen LogP contribution in [0.4, 0.5) is 0 Å². The van der Waals surface area contributed by atoms with Gasteiger partial charge in [-0.15, -0.1) is 0 Å². The smallest absolute Gasteiger partial charge is 0.251 e. The first kappa shape index (κ1) is 22.7. The van der Waals surface area contributed by atoms with E-state index in [0.717, 1.165) is 0 Å². The first-order valence-electron chi connectivity index (χ1n) is 8.37. The lowest BCUT2D eigenvalue weighted by molar-refractivity contribution is -0.122. The maximum atomic E-state index is 12.7. The van der Waals surface area contributed by atoms with Crippen LogP contribution in [-0.4, -0.2) is 38.6 Å². The normalized spacial score (nSPS) is 11.9. The lowest BCUT2D eigenvalue weighted by atomic mass is 10.2. The van der Waals surface area contributed by atoms with Crippen LogP contribution >= 0.6 is 23.2 Å². The molecule has 2 aromatic rings. The first-order chi connectivity index (χ1) is 13.7. The van der Waals surface area contributed by atoms with Crippen molar-refractivity contribution in [3.05, 3.63) is 69.7 Å². The number of halogens is 2. The van der Waals surface area contributed by atoms with E-state index < -0.39 is 39.2 Å². The topological polar surface area (TPSA) is 116 Å². The van der Waals surface area contributed by atoms with E-state index in [1.807, 2.05) is 0 Å². The van der Waals surface area contributed by atoms with Crippen molar-refractivity contribution in [3.8, 4) is 6.07 Å². The van der Waals surface area contributed by atoms with E-state index in [0.29, 0.717) is 0 Å². The number of sulfone groups is 1. The van der Waals surface area contributed by atoms with Crippen LogP contribution in [0.3, 0.4) is 0 Å². The second-order valence-electron chi connectivity index (χ2n) is 6.02. The number of hydrogen-bond acceptors (Lipinski definition) is 5. The fourth-order valence-corrected chi connectivity index (χ4v) is 4.77. The summed E-state index contributed by atoms with van der Waals surface area (Å²) in [4.78, 5) is 24.7. The van der Waals surface area contributed by atoms with Gasteiger partial charge in [0.05, 0.1) is 17.6 Å². The molecule has 0 saturated carbocycles. The lowest BCUT2D eigenvalue weighted by Gasteiger charge is -2.18. The van der Waals surface area contributed by atoms with Gasteiger partial charge in [-0.2, -0.15) is 5.26 Å². The van der Waals surface area contributed by atoms with Crippen molar-refractivity contribution >= 4 is 44.9 Å². The maximum Gasteiger partial charge on any atom is 0.251 e. The van der Waals surface area contributed by atoms with Gasteiger partial charge in [-0.25, -0.2) is 8.42 Å². The molecule has 2 amide bonds. The van der Waals surface area contributed by atoms with Crippen molar-refractivity contribution in [1.29, 1.82) is 5.26 Å². The molecule has 2 aromatic carbocycles. The summed E-state index contributed by atoms with van der Waals surface area (Å²) in [6.07, 6.45) is 0. The summed E-state index contributed by atoms with van der Waals surface area (Å²) in [7, 11) is -3.90. The Morgan fingerprint density at radius 2 is 1.66 bits per heavy atom. The molecule has 0 heterocycles. The molecule has 0 fully saturated rings. The minimum Gasteiger partial charge on any atom is -0.341 e. The highest BCUT2D eigenvalue weighted by Gasteiger charge is 2.28. The van der Waals surface area contributed by atoms with Crippen LogP contribution in [0.1, 0.15) is 15.9 Å². The number of rotatable bonds is 8. The molecule has 0 radical (unpaired) electrons. The van der Waals surface area contributed by atoms with Gasteiger partial charge in [-0.05, 0) is 24.3 Å². The molecule has 0 spiro atoms. The molecule has 0 aliphatic carbocycles. The third-order valence-corrected chi connectivity index (χ3v) is 6.12. The summed E-state index contributed by atoms with van der Waals surface area (Å²) in [6, 6.07) is 13.0. The summed E-state index contributed by atoms with van der Waals surface area (Å²) in [5.74, 6) is -2.60. The van der Waals surface area contributed by atoms with Crippen LogP contribution in [0.15, 0.2) is 48.5 Å². The second kappa shape index (κ2) is 10.3. The van der Waals surface area contributed by atoms with Gasteiger partial charge in [0.2, 0.25) is 5.91 Å². The van der Waals surface area contributed by atoms with Crippen molar-refractivity contribution in [2.24, 2.45) is 0 Å². The predicted molar refractivity (Wildman–Crippen MR) is 110 cm³/mol. The highest BCUT2D eigenvalue weighted by atomic mass is 35.5. The largest absolute Gasteiger partial charge is 0.341 e. The van der Waals surface area contributed by atoms with E-state index in [1.165, 1.54) is 24.3 Å². The lowest BCUT2D eigenvalue weighted by Crippen LogP contribution is -2.50. The Morgan fingerprint density at radius 3 is 2.24 bits per heavy atom. The molecule has 10 heteroatoms. The van der Waals surface area contributed by atoms with Gasteiger partial charge in [0.15, 0.2) is 9.84 Å². The molecular weight excluding hydrogens is 437 g/mol. The number of carbonyl (C=O) groups is 2. The number of hydrogen-bond donors (Lipinski definition) is 2. The zero-order chi connectivity index (χ0) is 21.4. The van der Waals surface area contributed by atoms with Crippen LogP contribution in [0.2, 0.25) is 10.0 Å². The van der Waals surface area contributed by atoms with Gasteiger partial charge < -0.3 is 10.6 Å². The number of nitriles is 1. The average molecular weight is 454 g/mol. The third-order valence-electron chi connectivity index (χ3n) is 3.85. The van der Waals surface area contributed by atoms with E-state index in [-0.39, 0.29) is 27.7 Å². The Labute approximate surface area is 178 Å². The Morgan fingerprint density at radius 1 is 1.03 bits per heavy atom. The Bertz CT molecular complexity index is 1020. The third kappa shape index (κ3) is 6.75. The number of benzene rings is 2. The second-order valence-corrected chi connectivity index (χ2v) is 8.95. The Balaban J connectivity index is 2.22. The zero-order valence-electron chi connectivity index (χ0n) is 15.1. The van der Waals surface area contributed by atoms with Crippen LogP contribution in [0, 0.1) is 11.3 Å². The molecule has 152 valence electrons. The molecule has 0 bridgehead atoms.